The fraction of sp³-hybridized carbons (Fsp3) is 0.111. The van der Waals surface area contributed by atoms with Gasteiger partial charge in [-0.2, -0.15) is 0 Å². The first-order valence-electron chi connectivity index (χ1n) is 3.17. The maximum Gasteiger partial charge on any atom is 0.0902 e. The number of hydrogen-bond acceptors (Lipinski definition) is 0. The highest BCUT2D eigenvalue weighted by Gasteiger charge is 1.90. The highest BCUT2D eigenvalue weighted by Crippen LogP contribution is 2.11. The third kappa shape index (κ3) is 1.44. The van der Waals surface area contributed by atoms with Crippen LogP contribution in [0.4, 0.5) is 4.39 Å². The molecule has 0 nitrogen and oxygen atoms in total. The molecule has 1 rings (SSSR count). The topological polar surface area (TPSA) is 0 Å². The Labute approximate surface area is 60.0 Å². The largest absolute Gasteiger partial charge is 0.215 e. The lowest BCUT2D eigenvalue weighted by Crippen LogP contribution is -1.74. The lowest BCUT2D eigenvalue weighted by atomic mass is 10.1. The third-order valence-corrected chi connectivity index (χ3v) is 1.39. The van der Waals surface area contributed by atoms with Crippen LogP contribution in [0.25, 0.3) is 5.57 Å². The van der Waals surface area contributed by atoms with E-state index >= 15 is 0 Å². The molecular formula is C9H9F. The molecule has 1 heteroatoms. The summed E-state index contributed by atoms with van der Waals surface area (Å²) in [6.07, 6.45) is 0.620. The number of benzene rings is 1. The Hall–Kier alpha value is -1.11. The molecule has 0 fully saturated rings. The summed E-state index contributed by atoms with van der Waals surface area (Å²) in [5.41, 5.74) is 1.60. The van der Waals surface area contributed by atoms with Crippen LogP contribution in [0.15, 0.2) is 36.7 Å². The van der Waals surface area contributed by atoms with Gasteiger partial charge >= 0.3 is 0 Å². The Balaban J connectivity index is 2.96. The van der Waals surface area contributed by atoms with Gasteiger partial charge in [0.1, 0.15) is 0 Å². The summed E-state index contributed by atoms with van der Waals surface area (Å²) in [6.45, 7) is 1.75. The SMILES string of the molecule is CC(=CF)c1ccccc1. The van der Waals surface area contributed by atoms with Crippen LogP contribution in [0, 0.1) is 0 Å². The first-order valence-corrected chi connectivity index (χ1v) is 3.17. The van der Waals surface area contributed by atoms with E-state index in [0.29, 0.717) is 11.9 Å². The lowest BCUT2D eigenvalue weighted by molar-refractivity contribution is 0.723. The van der Waals surface area contributed by atoms with Crippen molar-refractivity contribution < 1.29 is 4.39 Å². The van der Waals surface area contributed by atoms with E-state index in [1.165, 1.54) is 0 Å². The number of halogens is 1. The summed E-state index contributed by atoms with van der Waals surface area (Å²) in [5, 5.41) is 0. The van der Waals surface area contributed by atoms with Gasteiger partial charge in [0, 0.05) is 0 Å². The van der Waals surface area contributed by atoms with Crippen molar-refractivity contribution in [3.05, 3.63) is 42.2 Å². The summed E-state index contributed by atoms with van der Waals surface area (Å²) < 4.78 is 11.9. The van der Waals surface area contributed by atoms with Gasteiger partial charge in [0.2, 0.25) is 0 Å². The molecule has 10 heavy (non-hydrogen) atoms. The zero-order chi connectivity index (χ0) is 7.40. The molecule has 52 valence electrons. The smallest absolute Gasteiger partial charge is 0.0902 e. The van der Waals surface area contributed by atoms with Gasteiger partial charge in [0.15, 0.2) is 0 Å². The van der Waals surface area contributed by atoms with Gasteiger partial charge < -0.3 is 0 Å². The highest BCUT2D eigenvalue weighted by atomic mass is 19.1. The van der Waals surface area contributed by atoms with E-state index in [-0.39, 0.29) is 0 Å². The maximum absolute atomic E-state index is 11.9. The lowest BCUT2D eigenvalue weighted by Gasteiger charge is -1.95. The van der Waals surface area contributed by atoms with Crippen LogP contribution in [0.2, 0.25) is 0 Å². The molecule has 0 atom stereocenters. The van der Waals surface area contributed by atoms with Crippen LogP contribution in [0.1, 0.15) is 12.5 Å². The number of allylic oxidation sites excluding steroid dienone is 1. The zero-order valence-electron chi connectivity index (χ0n) is 5.84. The fourth-order valence-corrected chi connectivity index (χ4v) is 0.764. The minimum Gasteiger partial charge on any atom is -0.215 e. The summed E-state index contributed by atoms with van der Waals surface area (Å²) in [7, 11) is 0. The predicted octanol–water partition coefficient (Wildman–Crippen LogP) is 3.02. The second-order valence-electron chi connectivity index (χ2n) is 2.16. The molecule has 0 spiro atoms. The molecular weight excluding hydrogens is 127 g/mol. The minimum absolute atomic E-state index is 0.620. The predicted molar refractivity (Wildman–Crippen MR) is 41.2 cm³/mol. The average Bonchev–Trinajstić information content (AvgIpc) is 2.05. The molecule has 0 saturated carbocycles. The van der Waals surface area contributed by atoms with Crippen LogP contribution in [0.5, 0.6) is 0 Å². The van der Waals surface area contributed by atoms with Gasteiger partial charge in [-0.25, -0.2) is 4.39 Å². The molecule has 0 saturated heterocycles. The second-order valence-corrected chi connectivity index (χ2v) is 2.16. The Morgan fingerprint density at radius 1 is 1.30 bits per heavy atom. The molecule has 0 aromatic heterocycles. The zero-order valence-corrected chi connectivity index (χ0v) is 5.84. The first kappa shape index (κ1) is 7.00. The van der Waals surface area contributed by atoms with Crippen molar-refractivity contribution in [2.24, 2.45) is 0 Å². The normalized spacial score (nSPS) is 11.6. The summed E-state index contributed by atoms with van der Waals surface area (Å²) >= 11 is 0. The summed E-state index contributed by atoms with van der Waals surface area (Å²) in [6, 6.07) is 9.45. The highest BCUT2D eigenvalue weighted by molar-refractivity contribution is 5.62. The van der Waals surface area contributed by atoms with Crippen LogP contribution >= 0.6 is 0 Å². The van der Waals surface area contributed by atoms with Crippen LogP contribution in [0.3, 0.4) is 0 Å². The van der Waals surface area contributed by atoms with E-state index in [1.54, 1.807) is 6.92 Å². The van der Waals surface area contributed by atoms with E-state index < -0.39 is 0 Å². The Morgan fingerprint density at radius 2 is 1.90 bits per heavy atom. The molecule has 0 amide bonds. The fourth-order valence-electron chi connectivity index (χ4n) is 0.764. The van der Waals surface area contributed by atoms with Crippen molar-refractivity contribution in [2.75, 3.05) is 0 Å². The molecule has 0 radical (unpaired) electrons. The quantitative estimate of drug-likeness (QED) is 0.556. The van der Waals surface area contributed by atoms with Crippen molar-refractivity contribution in [1.29, 1.82) is 0 Å². The van der Waals surface area contributed by atoms with Crippen LogP contribution in [-0.4, -0.2) is 0 Å². The number of hydrogen-bond donors (Lipinski definition) is 0. The van der Waals surface area contributed by atoms with Crippen molar-refractivity contribution in [1.82, 2.24) is 0 Å². The van der Waals surface area contributed by atoms with E-state index in [0.717, 1.165) is 5.56 Å². The van der Waals surface area contributed by atoms with Gasteiger partial charge in [-0.15, -0.1) is 0 Å². The summed E-state index contributed by atoms with van der Waals surface area (Å²) in [4.78, 5) is 0. The van der Waals surface area contributed by atoms with Gasteiger partial charge in [0.05, 0.1) is 6.33 Å². The van der Waals surface area contributed by atoms with Gasteiger partial charge in [-0.3, -0.25) is 0 Å². The molecule has 0 bridgehead atoms. The Morgan fingerprint density at radius 3 is 2.40 bits per heavy atom. The van der Waals surface area contributed by atoms with Crippen molar-refractivity contribution in [3.8, 4) is 0 Å². The molecule has 1 aromatic carbocycles. The average molecular weight is 136 g/mol. The molecule has 0 unspecified atom stereocenters. The van der Waals surface area contributed by atoms with Crippen molar-refractivity contribution in [3.63, 3.8) is 0 Å². The molecule has 0 heterocycles. The van der Waals surface area contributed by atoms with Crippen molar-refractivity contribution in [2.45, 2.75) is 6.92 Å². The standard InChI is InChI=1S/C9H9F/c1-8(7-10)9-5-3-2-4-6-9/h2-7H,1H3. The van der Waals surface area contributed by atoms with E-state index in [9.17, 15) is 4.39 Å². The Kier molecular flexibility index (Phi) is 2.21. The third-order valence-electron chi connectivity index (χ3n) is 1.39. The van der Waals surface area contributed by atoms with E-state index in [4.69, 9.17) is 0 Å². The molecule has 1 aromatic rings. The maximum atomic E-state index is 11.9. The van der Waals surface area contributed by atoms with Gasteiger partial charge in [-0.05, 0) is 18.1 Å². The molecule has 0 aliphatic heterocycles. The van der Waals surface area contributed by atoms with Gasteiger partial charge in [0.25, 0.3) is 0 Å². The first-order chi connectivity index (χ1) is 4.84. The molecule has 0 N–H and O–H groups in total. The van der Waals surface area contributed by atoms with Crippen molar-refractivity contribution >= 4 is 5.57 Å². The minimum atomic E-state index is 0.620. The monoisotopic (exact) mass is 136 g/mol. The van der Waals surface area contributed by atoms with Crippen LogP contribution < -0.4 is 0 Å². The van der Waals surface area contributed by atoms with Gasteiger partial charge in [-0.1, -0.05) is 30.3 Å². The Bertz CT molecular complexity index is 224. The van der Waals surface area contributed by atoms with E-state index in [1.807, 2.05) is 30.3 Å². The molecule has 0 aliphatic rings. The molecule has 0 aliphatic carbocycles. The summed E-state index contributed by atoms with van der Waals surface area (Å²) in [5.74, 6) is 0. The second kappa shape index (κ2) is 3.16. The van der Waals surface area contributed by atoms with Crippen LogP contribution in [-0.2, 0) is 0 Å². The number of rotatable bonds is 1. The van der Waals surface area contributed by atoms with E-state index in [2.05, 4.69) is 0 Å².